The Morgan fingerprint density at radius 2 is 2.05 bits per heavy atom. The Bertz CT molecular complexity index is 309. The van der Waals surface area contributed by atoms with Gasteiger partial charge in [0.2, 0.25) is 0 Å². The molecule has 0 radical (unpaired) electrons. The SMILES string of the molecule is CC1CCCC(CNC(=O)NCC[C@H](O)C(=O)O)C1. The lowest BCUT2D eigenvalue weighted by Crippen LogP contribution is -2.40. The van der Waals surface area contributed by atoms with Crippen LogP contribution in [0.2, 0.25) is 0 Å². The van der Waals surface area contributed by atoms with E-state index in [0.717, 1.165) is 18.8 Å². The number of carbonyl (C=O) groups is 2. The van der Waals surface area contributed by atoms with Crippen LogP contribution in [0.15, 0.2) is 0 Å². The molecular formula is C13H24N2O4. The molecule has 0 saturated heterocycles. The second-order valence-corrected chi connectivity index (χ2v) is 5.42. The topological polar surface area (TPSA) is 98.7 Å². The first-order valence-corrected chi connectivity index (χ1v) is 6.91. The van der Waals surface area contributed by atoms with Crippen LogP contribution in [0.4, 0.5) is 4.79 Å². The molecule has 0 aromatic heterocycles. The highest BCUT2D eigenvalue weighted by Crippen LogP contribution is 2.27. The zero-order valence-corrected chi connectivity index (χ0v) is 11.4. The first-order chi connectivity index (χ1) is 8.99. The van der Waals surface area contributed by atoms with E-state index in [4.69, 9.17) is 10.2 Å². The van der Waals surface area contributed by atoms with Gasteiger partial charge in [-0.1, -0.05) is 19.8 Å². The average Bonchev–Trinajstić information content (AvgIpc) is 2.36. The number of urea groups is 1. The Kier molecular flexibility index (Phi) is 6.62. The normalized spacial score (nSPS) is 24.5. The molecule has 1 aliphatic carbocycles. The van der Waals surface area contributed by atoms with E-state index in [9.17, 15) is 9.59 Å². The van der Waals surface area contributed by atoms with Crippen LogP contribution < -0.4 is 10.6 Å². The fourth-order valence-corrected chi connectivity index (χ4v) is 2.49. The largest absolute Gasteiger partial charge is 0.479 e. The van der Waals surface area contributed by atoms with Crippen molar-refractivity contribution in [2.45, 2.75) is 45.1 Å². The number of aliphatic carboxylic acids is 1. The molecule has 6 nitrogen and oxygen atoms in total. The zero-order chi connectivity index (χ0) is 14.3. The lowest BCUT2D eigenvalue weighted by molar-refractivity contribution is -0.146. The lowest BCUT2D eigenvalue weighted by Gasteiger charge is -2.26. The third-order valence-electron chi connectivity index (χ3n) is 3.58. The predicted molar refractivity (Wildman–Crippen MR) is 70.8 cm³/mol. The second-order valence-electron chi connectivity index (χ2n) is 5.42. The molecule has 6 heteroatoms. The van der Waals surface area contributed by atoms with Crippen LogP contribution in [-0.4, -0.2) is 41.4 Å². The number of rotatable bonds is 6. The summed E-state index contributed by atoms with van der Waals surface area (Å²) in [6.45, 7) is 3.05. The van der Waals surface area contributed by atoms with Gasteiger partial charge in [0.25, 0.3) is 0 Å². The van der Waals surface area contributed by atoms with Crippen LogP contribution in [0.1, 0.15) is 39.0 Å². The molecule has 110 valence electrons. The van der Waals surface area contributed by atoms with Gasteiger partial charge < -0.3 is 20.8 Å². The van der Waals surface area contributed by atoms with Crippen LogP contribution in [-0.2, 0) is 4.79 Å². The van der Waals surface area contributed by atoms with Crippen LogP contribution >= 0.6 is 0 Å². The third-order valence-corrected chi connectivity index (χ3v) is 3.58. The van der Waals surface area contributed by atoms with E-state index >= 15 is 0 Å². The van der Waals surface area contributed by atoms with E-state index in [1.54, 1.807) is 0 Å². The van der Waals surface area contributed by atoms with Crippen LogP contribution in [0.3, 0.4) is 0 Å². The summed E-state index contributed by atoms with van der Waals surface area (Å²) in [5, 5.41) is 22.8. The van der Waals surface area contributed by atoms with Crippen molar-refractivity contribution in [1.82, 2.24) is 10.6 Å². The van der Waals surface area contributed by atoms with E-state index in [1.165, 1.54) is 12.8 Å². The number of amides is 2. The maximum absolute atomic E-state index is 11.5. The van der Waals surface area contributed by atoms with Gasteiger partial charge in [-0.3, -0.25) is 0 Å². The van der Waals surface area contributed by atoms with Crippen LogP contribution in [0.25, 0.3) is 0 Å². The molecule has 0 bridgehead atoms. The van der Waals surface area contributed by atoms with Gasteiger partial charge >= 0.3 is 12.0 Å². The highest BCUT2D eigenvalue weighted by molar-refractivity contribution is 5.74. The second kappa shape index (κ2) is 7.99. The molecule has 4 N–H and O–H groups in total. The Labute approximate surface area is 113 Å². The smallest absolute Gasteiger partial charge is 0.332 e. The molecule has 0 aromatic carbocycles. The molecule has 0 aromatic rings. The Hall–Kier alpha value is -1.30. The number of aliphatic hydroxyl groups is 1. The summed E-state index contributed by atoms with van der Waals surface area (Å²) in [6, 6.07) is -0.296. The van der Waals surface area contributed by atoms with E-state index < -0.39 is 12.1 Å². The van der Waals surface area contributed by atoms with Crippen LogP contribution in [0, 0.1) is 11.8 Å². The maximum Gasteiger partial charge on any atom is 0.332 e. The summed E-state index contributed by atoms with van der Waals surface area (Å²) in [5.41, 5.74) is 0. The summed E-state index contributed by atoms with van der Waals surface area (Å²) >= 11 is 0. The molecule has 3 atom stereocenters. The van der Waals surface area contributed by atoms with Gasteiger partial charge in [0, 0.05) is 19.5 Å². The van der Waals surface area contributed by atoms with Gasteiger partial charge in [-0.2, -0.15) is 0 Å². The van der Waals surface area contributed by atoms with Gasteiger partial charge in [0.1, 0.15) is 0 Å². The number of carbonyl (C=O) groups excluding carboxylic acids is 1. The van der Waals surface area contributed by atoms with E-state index in [0.29, 0.717) is 12.5 Å². The fourth-order valence-electron chi connectivity index (χ4n) is 2.49. The van der Waals surface area contributed by atoms with Gasteiger partial charge in [-0.05, 0) is 24.7 Å². The Balaban J connectivity index is 2.09. The third kappa shape index (κ3) is 6.42. The quantitative estimate of drug-likeness (QED) is 0.578. The molecule has 2 unspecified atom stereocenters. The lowest BCUT2D eigenvalue weighted by atomic mass is 9.82. The number of hydrogen-bond acceptors (Lipinski definition) is 3. The molecule has 1 aliphatic rings. The Morgan fingerprint density at radius 3 is 2.68 bits per heavy atom. The van der Waals surface area contributed by atoms with Crippen molar-refractivity contribution >= 4 is 12.0 Å². The molecule has 0 spiro atoms. The molecule has 1 saturated carbocycles. The molecule has 0 aliphatic heterocycles. The summed E-state index contributed by atoms with van der Waals surface area (Å²) in [4.78, 5) is 21.8. The van der Waals surface area contributed by atoms with E-state index in [1.807, 2.05) is 0 Å². The van der Waals surface area contributed by atoms with E-state index in [2.05, 4.69) is 17.6 Å². The average molecular weight is 272 g/mol. The number of carboxylic acid groups (broad SMARTS) is 1. The highest BCUT2D eigenvalue weighted by atomic mass is 16.4. The van der Waals surface area contributed by atoms with Crippen molar-refractivity contribution in [3.63, 3.8) is 0 Å². The summed E-state index contributed by atoms with van der Waals surface area (Å²) in [5.74, 6) is 0.00633. The molecule has 0 heterocycles. The van der Waals surface area contributed by atoms with Crippen molar-refractivity contribution in [1.29, 1.82) is 0 Å². The number of carboxylic acids is 1. The molecular weight excluding hydrogens is 248 g/mol. The van der Waals surface area contributed by atoms with Crippen molar-refractivity contribution in [2.75, 3.05) is 13.1 Å². The zero-order valence-electron chi connectivity index (χ0n) is 11.4. The minimum atomic E-state index is -1.42. The van der Waals surface area contributed by atoms with Crippen molar-refractivity contribution in [2.24, 2.45) is 11.8 Å². The number of nitrogens with one attached hydrogen (secondary N) is 2. The van der Waals surface area contributed by atoms with Crippen LogP contribution in [0.5, 0.6) is 0 Å². The predicted octanol–water partition coefficient (Wildman–Crippen LogP) is 0.947. The minimum absolute atomic E-state index is 0.0171. The molecule has 19 heavy (non-hydrogen) atoms. The Morgan fingerprint density at radius 1 is 1.32 bits per heavy atom. The summed E-state index contributed by atoms with van der Waals surface area (Å²) < 4.78 is 0. The van der Waals surface area contributed by atoms with Gasteiger partial charge in [-0.25, -0.2) is 9.59 Å². The van der Waals surface area contributed by atoms with Crippen molar-refractivity contribution < 1.29 is 19.8 Å². The van der Waals surface area contributed by atoms with E-state index in [-0.39, 0.29) is 19.0 Å². The minimum Gasteiger partial charge on any atom is -0.479 e. The number of hydrogen-bond donors (Lipinski definition) is 4. The first kappa shape index (κ1) is 15.8. The first-order valence-electron chi connectivity index (χ1n) is 6.91. The molecule has 1 fully saturated rings. The van der Waals surface area contributed by atoms with Gasteiger partial charge in [-0.15, -0.1) is 0 Å². The standard InChI is InChI=1S/C13H24N2O4/c1-9-3-2-4-10(7-9)8-15-13(19)14-6-5-11(16)12(17)18/h9-11,16H,2-8H2,1H3,(H,17,18)(H2,14,15,19)/t9?,10?,11-/m0/s1. The van der Waals surface area contributed by atoms with Gasteiger partial charge in [0.05, 0.1) is 0 Å². The maximum atomic E-state index is 11.5. The van der Waals surface area contributed by atoms with Gasteiger partial charge in [0.15, 0.2) is 6.10 Å². The number of aliphatic hydroxyl groups excluding tert-OH is 1. The fraction of sp³-hybridized carbons (Fsp3) is 0.846. The monoisotopic (exact) mass is 272 g/mol. The van der Waals surface area contributed by atoms with Crippen molar-refractivity contribution in [3.05, 3.63) is 0 Å². The summed E-state index contributed by atoms with van der Waals surface area (Å²) in [7, 11) is 0. The molecule has 1 rings (SSSR count). The summed E-state index contributed by atoms with van der Waals surface area (Å²) in [6.07, 6.45) is 3.40. The highest BCUT2D eigenvalue weighted by Gasteiger charge is 2.19. The van der Waals surface area contributed by atoms with Crippen molar-refractivity contribution in [3.8, 4) is 0 Å². The molecule has 2 amide bonds.